The van der Waals surface area contributed by atoms with Crippen LogP contribution in [0.2, 0.25) is 10.0 Å². The molecule has 0 fully saturated rings. The average Bonchev–Trinajstić information content (AvgIpc) is 3.40. The van der Waals surface area contributed by atoms with E-state index in [-0.39, 0.29) is 0 Å². The van der Waals surface area contributed by atoms with E-state index >= 15 is 0 Å². The Morgan fingerprint density at radius 1 is 0.733 bits per heavy atom. The highest BCUT2D eigenvalue weighted by Gasteiger charge is 2.08. The third-order valence-corrected chi connectivity index (χ3v) is 6.25. The van der Waals surface area contributed by atoms with Crippen LogP contribution >= 0.6 is 46.7 Å². The number of thioether (sulfide) groups is 2. The third-order valence-electron chi connectivity index (χ3n) is 3.99. The van der Waals surface area contributed by atoms with Crippen LogP contribution in [0.1, 0.15) is 0 Å². The van der Waals surface area contributed by atoms with E-state index in [1.54, 1.807) is 36.2 Å². The smallest absolute Gasteiger partial charge is 0.195 e. The molecule has 2 aromatic heterocycles. The fourth-order valence-electron chi connectivity index (χ4n) is 2.63. The van der Waals surface area contributed by atoms with E-state index < -0.39 is 0 Å². The minimum absolute atomic E-state index is 0.680. The van der Waals surface area contributed by atoms with Gasteiger partial charge in [-0.1, -0.05) is 71.0 Å². The molecule has 152 valence electrons. The summed E-state index contributed by atoms with van der Waals surface area (Å²) < 4.78 is 3.85. The Hall–Kier alpha value is -2.26. The van der Waals surface area contributed by atoms with Crippen molar-refractivity contribution >= 4 is 46.7 Å². The molecule has 10 heteroatoms. The van der Waals surface area contributed by atoms with Crippen molar-refractivity contribution in [3.8, 4) is 11.4 Å². The molecule has 0 amide bonds. The standard InChI is InChI=1S/C20H16Cl2N6S2/c21-15-5-3-7-17(11-15)27-13-23-25-19(27)29-9-1-2-10-30-20-26-24-14-28(20)18-8-4-6-16(22)12-18/h1-8,11-14H,9-10H2/b2-1+. The molecule has 0 saturated heterocycles. The lowest BCUT2D eigenvalue weighted by Crippen LogP contribution is -1.95. The Kier molecular flexibility index (Phi) is 7.11. The van der Waals surface area contributed by atoms with Gasteiger partial charge in [0.15, 0.2) is 10.3 Å². The fraction of sp³-hybridized carbons (Fsp3) is 0.100. The van der Waals surface area contributed by atoms with Gasteiger partial charge in [-0.2, -0.15) is 0 Å². The summed E-state index contributed by atoms with van der Waals surface area (Å²) in [4.78, 5) is 0. The summed E-state index contributed by atoms with van der Waals surface area (Å²) >= 11 is 15.4. The molecule has 0 N–H and O–H groups in total. The number of nitrogens with zero attached hydrogens (tertiary/aromatic N) is 6. The van der Waals surface area contributed by atoms with Crippen molar-refractivity contribution in [3.63, 3.8) is 0 Å². The second-order valence-electron chi connectivity index (χ2n) is 6.02. The fourth-order valence-corrected chi connectivity index (χ4v) is 4.56. The van der Waals surface area contributed by atoms with Crippen LogP contribution in [0.25, 0.3) is 11.4 Å². The molecule has 0 radical (unpaired) electrons. The Morgan fingerprint density at radius 3 is 1.63 bits per heavy atom. The maximum absolute atomic E-state index is 6.08. The maximum Gasteiger partial charge on any atom is 0.195 e. The Morgan fingerprint density at radius 2 is 1.20 bits per heavy atom. The number of halogens is 2. The van der Waals surface area contributed by atoms with Gasteiger partial charge >= 0.3 is 0 Å². The van der Waals surface area contributed by atoms with E-state index in [1.165, 1.54) is 0 Å². The molecule has 2 heterocycles. The van der Waals surface area contributed by atoms with Gasteiger partial charge in [0.25, 0.3) is 0 Å². The quantitative estimate of drug-likeness (QED) is 0.244. The van der Waals surface area contributed by atoms with Crippen LogP contribution in [-0.2, 0) is 0 Å². The number of hydrogen-bond acceptors (Lipinski definition) is 6. The summed E-state index contributed by atoms with van der Waals surface area (Å²) in [6, 6.07) is 15.2. The molecule has 0 saturated carbocycles. The zero-order chi connectivity index (χ0) is 20.8. The first-order valence-electron chi connectivity index (χ1n) is 8.93. The van der Waals surface area contributed by atoms with Gasteiger partial charge in [-0.15, -0.1) is 20.4 Å². The zero-order valence-corrected chi connectivity index (χ0v) is 18.7. The Balaban J connectivity index is 1.31. The van der Waals surface area contributed by atoms with E-state index in [1.807, 2.05) is 57.7 Å². The van der Waals surface area contributed by atoms with Crippen LogP contribution in [0.15, 0.2) is 83.7 Å². The van der Waals surface area contributed by atoms with E-state index in [0.717, 1.165) is 33.2 Å². The monoisotopic (exact) mass is 474 g/mol. The largest absolute Gasteiger partial charge is 0.277 e. The Bertz CT molecular complexity index is 1070. The molecule has 30 heavy (non-hydrogen) atoms. The summed E-state index contributed by atoms with van der Waals surface area (Å²) in [5.74, 6) is 1.56. The summed E-state index contributed by atoms with van der Waals surface area (Å²) in [7, 11) is 0. The van der Waals surface area contributed by atoms with Gasteiger partial charge in [-0.3, -0.25) is 9.13 Å². The van der Waals surface area contributed by atoms with Crippen LogP contribution in [0.4, 0.5) is 0 Å². The molecule has 0 spiro atoms. The van der Waals surface area contributed by atoms with Crippen LogP contribution in [0, 0.1) is 0 Å². The molecule has 4 aromatic rings. The second-order valence-corrected chi connectivity index (χ2v) is 8.87. The van der Waals surface area contributed by atoms with Crippen LogP contribution in [0.3, 0.4) is 0 Å². The van der Waals surface area contributed by atoms with Crippen molar-refractivity contribution in [1.82, 2.24) is 29.5 Å². The number of benzene rings is 2. The molecule has 4 rings (SSSR count). The molecule has 0 aliphatic carbocycles. The minimum Gasteiger partial charge on any atom is -0.277 e. The molecule has 0 aliphatic heterocycles. The molecular formula is C20H16Cl2N6S2. The topological polar surface area (TPSA) is 61.4 Å². The number of rotatable bonds is 8. The third kappa shape index (κ3) is 5.26. The molecule has 0 unspecified atom stereocenters. The summed E-state index contributed by atoms with van der Waals surface area (Å²) in [6.45, 7) is 0. The highest BCUT2D eigenvalue weighted by molar-refractivity contribution is 7.99. The zero-order valence-electron chi connectivity index (χ0n) is 15.6. The van der Waals surface area contributed by atoms with Crippen LogP contribution < -0.4 is 0 Å². The van der Waals surface area contributed by atoms with Gasteiger partial charge in [-0.25, -0.2) is 0 Å². The first kappa shape index (κ1) is 21.0. The minimum atomic E-state index is 0.680. The van der Waals surface area contributed by atoms with Gasteiger partial charge in [-0.05, 0) is 36.4 Å². The molecule has 0 atom stereocenters. The molecule has 6 nitrogen and oxygen atoms in total. The van der Waals surface area contributed by atoms with E-state index in [9.17, 15) is 0 Å². The summed E-state index contributed by atoms with van der Waals surface area (Å²) in [6.07, 6.45) is 7.59. The van der Waals surface area contributed by atoms with Crippen molar-refractivity contribution in [3.05, 3.63) is 83.4 Å². The summed E-state index contributed by atoms with van der Waals surface area (Å²) in [5, 5.41) is 19.4. The molecular weight excluding hydrogens is 459 g/mol. The SMILES string of the molecule is Clc1cccc(-n2cnnc2SC/C=C/CSc2nncn2-c2cccc(Cl)c2)c1. The van der Waals surface area contributed by atoms with Crippen molar-refractivity contribution < 1.29 is 0 Å². The average molecular weight is 475 g/mol. The summed E-state index contributed by atoms with van der Waals surface area (Å²) in [5.41, 5.74) is 1.88. The lowest BCUT2D eigenvalue weighted by atomic mass is 10.3. The van der Waals surface area contributed by atoms with Crippen molar-refractivity contribution in [1.29, 1.82) is 0 Å². The molecule has 0 aliphatic rings. The van der Waals surface area contributed by atoms with E-state index in [4.69, 9.17) is 23.2 Å². The first-order valence-corrected chi connectivity index (χ1v) is 11.7. The number of aromatic nitrogens is 6. The van der Waals surface area contributed by atoms with Gasteiger partial charge in [0.2, 0.25) is 0 Å². The molecule has 0 bridgehead atoms. The van der Waals surface area contributed by atoms with E-state index in [2.05, 4.69) is 32.5 Å². The van der Waals surface area contributed by atoms with Gasteiger partial charge in [0, 0.05) is 21.6 Å². The lowest BCUT2D eigenvalue weighted by Gasteiger charge is -2.06. The lowest BCUT2D eigenvalue weighted by molar-refractivity contribution is 0.885. The maximum atomic E-state index is 6.08. The Labute approximate surface area is 192 Å². The van der Waals surface area contributed by atoms with Crippen molar-refractivity contribution in [2.45, 2.75) is 10.3 Å². The second kappa shape index (κ2) is 10.2. The normalized spacial score (nSPS) is 11.4. The predicted molar refractivity (Wildman–Crippen MR) is 123 cm³/mol. The van der Waals surface area contributed by atoms with Gasteiger partial charge in [0.1, 0.15) is 12.7 Å². The van der Waals surface area contributed by atoms with Gasteiger partial charge in [0.05, 0.1) is 11.4 Å². The van der Waals surface area contributed by atoms with Crippen molar-refractivity contribution in [2.75, 3.05) is 11.5 Å². The highest BCUT2D eigenvalue weighted by atomic mass is 35.5. The van der Waals surface area contributed by atoms with Crippen LogP contribution in [-0.4, -0.2) is 41.0 Å². The predicted octanol–water partition coefficient (Wildman–Crippen LogP) is 5.60. The van der Waals surface area contributed by atoms with Crippen LogP contribution in [0.5, 0.6) is 0 Å². The first-order chi connectivity index (χ1) is 14.7. The highest BCUT2D eigenvalue weighted by Crippen LogP contribution is 2.23. The van der Waals surface area contributed by atoms with E-state index in [0.29, 0.717) is 10.0 Å². The van der Waals surface area contributed by atoms with Crippen molar-refractivity contribution in [2.24, 2.45) is 0 Å². The van der Waals surface area contributed by atoms with Gasteiger partial charge < -0.3 is 0 Å². The molecule has 2 aromatic carbocycles. The number of hydrogen-bond donors (Lipinski definition) is 0.